The summed E-state index contributed by atoms with van der Waals surface area (Å²) >= 11 is 0. The van der Waals surface area contributed by atoms with Crippen LogP contribution >= 0.6 is 0 Å². The molecule has 0 aliphatic rings. The van der Waals surface area contributed by atoms with Crippen LogP contribution in [-0.2, 0) is 11.3 Å². The highest BCUT2D eigenvalue weighted by atomic mass is 16.5. The minimum Gasteiger partial charge on any atom is -0.495 e. The van der Waals surface area contributed by atoms with Gasteiger partial charge in [0.2, 0.25) is 0 Å². The van der Waals surface area contributed by atoms with Gasteiger partial charge in [0.25, 0.3) is 0 Å². The standard InChI is InChI=1S/C9H14N2O2/c1-12-9-4-8(5-11-6-9)7-13-3-2-10/h4-6H,2-3,7,10H2,1H3. The normalized spacial score (nSPS) is 10.0. The summed E-state index contributed by atoms with van der Waals surface area (Å²) in [6.45, 7) is 1.63. The Bertz CT molecular complexity index is 253. The summed E-state index contributed by atoms with van der Waals surface area (Å²) < 4.78 is 10.3. The van der Waals surface area contributed by atoms with E-state index >= 15 is 0 Å². The van der Waals surface area contributed by atoms with Gasteiger partial charge in [0, 0.05) is 12.7 Å². The van der Waals surface area contributed by atoms with Crippen molar-refractivity contribution in [3.63, 3.8) is 0 Å². The van der Waals surface area contributed by atoms with Gasteiger partial charge in [0.1, 0.15) is 5.75 Å². The van der Waals surface area contributed by atoms with E-state index in [9.17, 15) is 0 Å². The summed E-state index contributed by atoms with van der Waals surface area (Å²) in [6, 6.07) is 1.89. The Kier molecular flexibility index (Phi) is 4.21. The molecule has 0 bridgehead atoms. The van der Waals surface area contributed by atoms with Gasteiger partial charge in [0.15, 0.2) is 0 Å². The molecule has 0 atom stereocenters. The topological polar surface area (TPSA) is 57.4 Å². The third-order valence-electron chi connectivity index (χ3n) is 1.54. The van der Waals surface area contributed by atoms with Crippen molar-refractivity contribution in [3.8, 4) is 5.75 Å². The Morgan fingerprint density at radius 1 is 1.46 bits per heavy atom. The number of pyridine rings is 1. The van der Waals surface area contributed by atoms with Gasteiger partial charge in [-0.2, -0.15) is 0 Å². The van der Waals surface area contributed by atoms with Gasteiger partial charge < -0.3 is 15.2 Å². The molecule has 1 aromatic rings. The molecule has 4 nitrogen and oxygen atoms in total. The van der Waals surface area contributed by atoms with Crippen LogP contribution in [0.5, 0.6) is 5.75 Å². The van der Waals surface area contributed by atoms with E-state index < -0.39 is 0 Å². The van der Waals surface area contributed by atoms with Gasteiger partial charge in [-0.05, 0) is 11.6 Å². The van der Waals surface area contributed by atoms with Crippen LogP contribution in [0.15, 0.2) is 18.5 Å². The number of methoxy groups -OCH3 is 1. The molecule has 0 aromatic carbocycles. The van der Waals surface area contributed by atoms with E-state index in [4.69, 9.17) is 15.2 Å². The maximum atomic E-state index is 5.28. The van der Waals surface area contributed by atoms with Crippen molar-refractivity contribution in [1.29, 1.82) is 0 Å². The SMILES string of the molecule is COc1cncc(COCCN)c1. The summed E-state index contributed by atoms with van der Waals surface area (Å²) in [6.07, 6.45) is 3.41. The second-order valence-electron chi connectivity index (χ2n) is 2.57. The lowest BCUT2D eigenvalue weighted by Gasteiger charge is -2.03. The molecule has 4 heteroatoms. The molecule has 13 heavy (non-hydrogen) atoms. The molecule has 1 heterocycles. The molecular weight excluding hydrogens is 168 g/mol. The van der Waals surface area contributed by atoms with Gasteiger partial charge in [0.05, 0.1) is 26.5 Å². The van der Waals surface area contributed by atoms with Crippen molar-refractivity contribution < 1.29 is 9.47 Å². The largest absolute Gasteiger partial charge is 0.495 e. The quantitative estimate of drug-likeness (QED) is 0.676. The molecule has 0 aliphatic heterocycles. The number of rotatable bonds is 5. The van der Waals surface area contributed by atoms with E-state index in [1.54, 1.807) is 19.5 Å². The fourth-order valence-corrected chi connectivity index (χ4v) is 0.928. The Labute approximate surface area is 77.7 Å². The zero-order valence-electron chi connectivity index (χ0n) is 7.69. The van der Waals surface area contributed by atoms with Crippen molar-refractivity contribution in [2.45, 2.75) is 6.61 Å². The molecule has 0 unspecified atom stereocenters. The maximum Gasteiger partial charge on any atom is 0.137 e. The van der Waals surface area contributed by atoms with Crippen LogP contribution in [0.1, 0.15) is 5.56 Å². The Balaban J connectivity index is 2.46. The molecule has 0 amide bonds. The fraction of sp³-hybridized carbons (Fsp3) is 0.444. The minimum absolute atomic E-state index is 0.529. The zero-order chi connectivity index (χ0) is 9.52. The van der Waals surface area contributed by atoms with E-state index in [1.165, 1.54) is 0 Å². The minimum atomic E-state index is 0.529. The lowest BCUT2D eigenvalue weighted by Crippen LogP contribution is -2.08. The van der Waals surface area contributed by atoms with E-state index in [2.05, 4.69) is 4.98 Å². The second-order valence-corrected chi connectivity index (χ2v) is 2.57. The molecule has 0 saturated heterocycles. The number of nitrogens with zero attached hydrogens (tertiary/aromatic N) is 1. The lowest BCUT2D eigenvalue weighted by atomic mass is 10.3. The Morgan fingerprint density at radius 2 is 2.31 bits per heavy atom. The molecule has 2 N–H and O–H groups in total. The average molecular weight is 182 g/mol. The van der Waals surface area contributed by atoms with Crippen molar-refractivity contribution in [2.24, 2.45) is 5.73 Å². The van der Waals surface area contributed by atoms with Gasteiger partial charge in [-0.15, -0.1) is 0 Å². The summed E-state index contributed by atoms with van der Waals surface area (Å²) in [4.78, 5) is 4.00. The second kappa shape index (κ2) is 5.50. The summed E-state index contributed by atoms with van der Waals surface area (Å²) in [5, 5.41) is 0. The maximum absolute atomic E-state index is 5.28. The molecule has 0 fully saturated rings. The molecule has 0 aliphatic carbocycles. The van der Waals surface area contributed by atoms with Crippen LogP contribution < -0.4 is 10.5 Å². The summed E-state index contributed by atoms with van der Waals surface area (Å²) in [7, 11) is 1.61. The number of hydrogen-bond donors (Lipinski definition) is 1. The van der Waals surface area contributed by atoms with Crippen LogP contribution in [-0.4, -0.2) is 25.2 Å². The van der Waals surface area contributed by atoms with Crippen molar-refractivity contribution in [1.82, 2.24) is 4.98 Å². The van der Waals surface area contributed by atoms with Crippen molar-refractivity contribution >= 4 is 0 Å². The van der Waals surface area contributed by atoms with Gasteiger partial charge in [-0.25, -0.2) is 0 Å². The Hall–Kier alpha value is -1.13. The number of hydrogen-bond acceptors (Lipinski definition) is 4. The molecule has 0 spiro atoms. The van der Waals surface area contributed by atoms with Crippen LogP contribution in [0.3, 0.4) is 0 Å². The van der Waals surface area contributed by atoms with Crippen LogP contribution in [0, 0.1) is 0 Å². The molecule has 1 aromatic heterocycles. The highest BCUT2D eigenvalue weighted by Crippen LogP contribution is 2.10. The Morgan fingerprint density at radius 3 is 3.00 bits per heavy atom. The van der Waals surface area contributed by atoms with Gasteiger partial charge in [-0.3, -0.25) is 4.98 Å². The van der Waals surface area contributed by atoms with Crippen molar-refractivity contribution in [3.05, 3.63) is 24.0 Å². The molecule has 0 radical (unpaired) electrons. The van der Waals surface area contributed by atoms with Crippen LogP contribution in [0.4, 0.5) is 0 Å². The smallest absolute Gasteiger partial charge is 0.137 e. The number of aromatic nitrogens is 1. The van der Waals surface area contributed by atoms with E-state index in [0.29, 0.717) is 19.8 Å². The monoisotopic (exact) mass is 182 g/mol. The fourth-order valence-electron chi connectivity index (χ4n) is 0.928. The number of nitrogens with two attached hydrogens (primary N) is 1. The van der Waals surface area contributed by atoms with E-state index in [0.717, 1.165) is 11.3 Å². The predicted octanol–water partition coefficient (Wildman–Crippen LogP) is 0.566. The van der Waals surface area contributed by atoms with Gasteiger partial charge >= 0.3 is 0 Å². The van der Waals surface area contributed by atoms with Gasteiger partial charge in [-0.1, -0.05) is 0 Å². The van der Waals surface area contributed by atoms with Crippen molar-refractivity contribution in [2.75, 3.05) is 20.3 Å². The molecular formula is C9H14N2O2. The summed E-state index contributed by atoms with van der Waals surface area (Å²) in [5.41, 5.74) is 6.28. The van der Waals surface area contributed by atoms with E-state index in [-0.39, 0.29) is 0 Å². The first-order valence-electron chi connectivity index (χ1n) is 4.12. The predicted molar refractivity (Wildman–Crippen MR) is 49.5 cm³/mol. The third kappa shape index (κ3) is 3.40. The summed E-state index contributed by atoms with van der Waals surface area (Å²) in [5.74, 6) is 0.744. The number of ether oxygens (including phenoxy) is 2. The zero-order valence-corrected chi connectivity index (χ0v) is 7.69. The third-order valence-corrected chi connectivity index (χ3v) is 1.54. The van der Waals surface area contributed by atoms with E-state index in [1.807, 2.05) is 6.07 Å². The molecule has 72 valence electrons. The highest BCUT2D eigenvalue weighted by molar-refractivity contribution is 5.22. The first-order chi connectivity index (χ1) is 6.36. The first kappa shape index (κ1) is 9.95. The highest BCUT2D eigenvalue weighted by Gasteiger charge is 1.96. The average Bonchev–Trinajstić information content (AvgIpc) is 2.19. The van der Waals surface area contributed by atoms with Crippen LogP contribution in [0.2, 0.25) is 0 Å². The first-order valence-corrected chi connectivity index (χ1v) is 4.12. The molecule has 1 rings (SSSR count). The lowest BCUT2D eigenvalue weighted by molar-refractivity contribution is 0.128. The van der Waals surface area contributed by atoms with Crippen LogP contribution in [0.25, 0.3) is 0 Å². The molecule has 0 saturated carbocycles.